The van der Waals surface area contributed by atoms with Gasteiger partial charge in [-0.15, -0.1) is 0 Å². The molecule has 0 amide bonds. The molecule has 16 heavy (non-hydrogen) atoms. The molecule has 0 aliphatic carbocycles. The van der Waals surface area contributed by atoms with Gasteiger partial charge in [-0.1, -0.05) is 0 Å². The maximum absolute atomic E-state index is 13.3. The number of ether oxygens (including phenoxy) is 1. The fourth-order valence-corrected chi connectivity index (χ4v) is 1.23. The maximum Gasteiger partial charge on any atom is 0.338 e. The minimum absolute atomic E-state index is 0.0548. The highest BCUT2D eigenvalue weighted by molar-refractivity contribution is 5.91. The molecule has 0 unspecified atom stereocenters. The summed E-state index contributed by atoms with van der Waals surface area (Å²) in [5, 5.41) is 17.6. The van der Waals surface area contributed by atoms with Crippen LogP contribution in [0.5, 0.6) is 0 Å². The Morgan fingerprint density at radius 1 is 1.62 bits per heavy atom. The van der Waals surface area contributed by atoms with Crippen molar-refractivity contribution in [1.82, 2.24) is 0 Å². The Kier molecular flexibility index (Phi) is 3.97. The van der Waals surface area contributed by atoms with Crippen LogP contribution >= 0.6 is 0 Å². The molecule has 0 aliphatic heterocycles. The zero-order chi connectivity index (χ0) is 12.1. The number of halogens is 1. The first-order valence-corrected chi connectivity index (χ1v) is 4.64. The van der Waals surface area contributed by atoms with Crippen molar-refractivity contribution in [3.8, 4) is 6.07 Å². The highest BCUT2D eigenvalue weighted by Gasteiger charge is 2.16. The Labute approximate surface area is 91.9 Å². The van der Waals surface area contributed by atoms with Gasteiger partial charge in [-0.2, -0.15) is 5.26 Å². The Bertz CT molecular complexity index is 451. The lowest BCUT2D eigenvalue weighted by atomic mass is 10.0. The van der Waals surface area contributed by atoms with Gasteiger partial charge in [0.05, 0.1) is 24.3 Å². The fraction of sp³-hybridized carbons (Fsp3) is 0.273. The van der Waals surface area contributed by atoms with Crippen molar-refractivity contribution >= 4 is 5.97 Å². The van der Waals surface area contributed by atoms with Crippen molar-refractivity contribution in [3.63, 3.8) is 0 Å². The average molecular weight is 223 g/mol. The zero-order valence-electron chi connectivity index (χ0n) is 8.66. The normalized spacial score (nSPS) is 9.62. The van der Waals surface area contributed by atoms with Crippen molar-refractivity contribution in [1.29, 1.82) is 5.26 Å². The van der Waals surface area contributed by atoms with E-state index in [0.717, 1.165) is 12.1 Å². The number of hydrogen-bond donors (Lipinski definition) is 1. The quantitative estimate of drug-likeness (QED) is 0.785. The molecule has 5 heteroatoms. The van der Waals surface area contributed by atoms with Gasteiger partial charge < -0.3 is 9.84 Å². The van der Waals surface area contributed by atoms with E-state index in [4.69, 9.17) is 15.1 Å². The number of aliphatic hydroxyl groups is 1. The van der Waals surface area contributed by atoms with E-state index >= 15 is 0 Å². The summed E-state index contributed by atoms with van der Waals surface area (Å²) in [7, 11) is 0. The third-order valence-electron chi connectivity index (χ3n) is 1.98. The molecule has 0 saturated carbocycles. The van der Waals surface area contributed by atoms with E-state index in [1.165, 1.54) is 0 Å². The van der Waals surface area contributed by atoms with Gasteiger partial charge in [-0.3, -0.25) is 0 Å². The second kappa shape index (κ2) is 5.24. The van der Waals surface area contributed by atoms with E-state index in [-0.39, 0.29) is 23.3 Å². The summed E-state index contributed by atoms with van der Waals surface area (Å²) in [5.74, 6) is -1.52. The van der Waals surface area contributed by atoms with Gasteiger partial charge in [0.2, 0.25) is 0 Å². The third-order valence-corrected chi connectivity index (χ3v) is 1.98. The van der Waals surface area contributed by atoms with Crippen LogP contribution < -0.4 is 0 Å². The van der Waals surface area contributed by atoms with Crippen LogP contribution in [0.15, 0.2) is 12.1 Å². The number of benzene rings is 1. The highest BCUT2D eigenvalue weighted by Crippen LogP contribution is 2.17. The summed E-state index contributed by atoms with van der Waals surface area (Å²) in [6, 6.07) is 3.68. The lowest BCUT2D eigenvalue weighted by molar-refractivity contribution is 0.0522. The fourth-order valence-electron chi connectivity index (χ4n) is 1.23. The number of carbonyl (C=O) groups excluding carboxylic acids is 1. The first-order chi connectivity index (χ1) is 7.63. The van der Waals surface area contributed by atoms with Gasteiger partial charge in [-0.05, 0) is 24.6 Å². The molecule has 0 aliphatic rings. The van der Waals surface area contributed by atoms with Crippen molar-refractivity contribution in [2.75, 3.05) is 6.61 Å². The summed E-state index contributed by atoms with van der Waals surface area (Å²) in [5.41, 5.74) is -0.0886. The van der Waals surface area contributed by atoms with Crippen LogP contribution in [0.2, 0.25) is 0 Å². The second-order valence-corrected chi connectivity index (χ2v) is 2.98. The van der Waals surface area contributed by atoms with E-state index in [9.17, 15) is 9.18 Å². The Morgan fingerprint density at radius 2 is 2.31 bits per heavy atom. The number of esters is 1. The van der Waals surface area contributed by atoms with Crippen molar-refractivity contribution in [3.05, 3.63) is 34.6 Å². The summed E-state index contributed by atoms with van der Waals surface area (Å²) in [4.78, 5) is 11.4. The average Bonchev–Trinajstić information content (AvgIpc) is 2.29. The largest absolute Gasteiger partial charge is 0.462 e. The molecular formula is C11H10FNO3. The summed E-state index contributed by atoms with van der Waals surface area (Å²) in [6.45, 7) is 1.32. The molecule has 84 valence electrons. The van der Waals surface area contributed by atoms with Gasteiger partial charge in [0, 0.05) is 0 Å². The van der Waals surface area contributed by atoms with Crippen LogP contribution in [0.1, 0.15) is 28.4 Å². The van der Waals surface area contributed by atoms with Gasteiger partial charge in [0.25, 0.3) is 0 Å². The smallest absolute Gasteiger partial charge is 0.338 e. The lowest BCUT2D eigenvalue weighted by Crippen LogP contribution is -2.09. The molecule has 0 fully saturated rings. The summed E-state index contributed by atoms with van der Waals surface area (Å²) < 4.78 is 18.0. The van der Waals surface area contributed by atoms with E-state index in [1.807, 2.05) is 0 Å². The number of carbonyl (C=O) groups is 1. The molecular weight excluding hydrogens is 213 g/mol. The number of nitrogens with zero attached hydrogens (tertiary/aromatic N) is 1. The number of rotatable bonds is 3. The minimum Gasteiger partial charge on any atom is -0.462 e. The molecule has 0 heterocycles. The van der Waals surface area contributed by atoms with Crippen molar-refractivity contribution in [2.45, 2.75) is 13.5 Å². The second-order valence-electron chi connectivity index (χ2n) is 2.98. The molecule has 0 radical (unpaired) electrons. The van der Waals surface area contributed by atoms with E-state index in [0.29, 0.717) is 0 Å². The van der Waals surface area contributed by atoms with E-state index < -0.39 is 18.4 Å². The molecule has 1 rings (SSSR count). The van der Waals surface area contributed by atoms with Crippen molar-refractivity contribution in [2.24, 2.45) is 0 Å². The molecule has 1 aromatic rings. The Hall–Kier alpha value is -1.93. The van der Waals surface area contributed by atoms with Gasteiger partial charge in [0.15, 0.2) is 0 Å². The molecule has 0 spiro atoms. The molecule has 0 atom stereocenters. The topological polar surface area (TPSA) is 70.3 Å². The van der Waals surface area contributed by atoms with Crippen LogP contribution in [-0.4, -0.2) is 17.7 Å². The SMILES string of the molecule is CCOC(=O)c1cc(F)c(C#N)cc1CO. The molecule has 0 bridgehead atoms. The standard InChI is InChI=1S/C11H10FNO3/c1-2-16-11(15)9-4-10(12)7(5-13)3-8(9)6-14/h3-4,14H,2,6H2,1H3. The van der Waals surface area contributed by atoms with Gasteiger partial charge in [-0.25, -0.2) is 9.18 Å². The van der Waals surface area contributed by atoms with Crippen LogP contribution in [0.3, 0.4) is 0 Å². The summed E-state index contributed by atoms with van der Waals surface area (Å²) >= 11 is 0. The minimum atomic E-state index is -0.803. The maximum atomic E-state index is 13.3. The monoisotopic (exact) mass is 223 g/mol. The molecule has 1 aromatic carbocycles. The van der Waals surface area contributed by atoms with E-state index in [2.05, 4.69) is 0 Å². The Balaban J connectivity index is 3.24. The zero-order valence-corrected chi connectivity index (χ0v) is 8.66. The lowest BCUT2D eigenvalue weighted by Gasteiger charge is -2.07. The number of hydrogen-bond acceptors (Lipinski definition) is 4. The molecule has 4 nitrogen and oxygen atoms in total. The van der Waals surface area contributed by atoms with Crippen LogP contribution in [0.25, 0.3) is 0 Å². The number of nitriles is 1. The van der Waals surface area contributed by atoms with Gasteiger partial charge in [0.1, 0.15) is 11.9 Å². The highest BCUT2D eigenvalue weighted by atomic mass is 19.1. The van der Waals surface area contributed by atoms with Crippen molar-refractivity contribution < 1.29 is 19.0 Å². The molecule has 1 N–H and O–H groups in total. The molecule has 0 aromatic heterocycles. The Morgan fingerprint density at radius 3 is 2.81 bits per heavy atom. The van der Waals surface area contributed by atoms with Crippen LogP contribution in [0.4, 0.5) is 4.39 Å². The first kappa shape index (κ1) is 12.1. The number of aliphatic hydroxyl groups excluding tert-OH is 1. The van der Waals surface area contributed by atoms with Crippen LogP contribution in [-0.2, 0) is 11.3 Å². The van der Waals surface area contributed by atoms with Gasteiger partial charge >= 0.3 is 5.97 Å². The third kappa shape index (κ3) is 2.35. The van der Waals surface area contributed by atoms with E-state index in [1.54, 1.807) is 13.0 Å². The molecule has 0 saturated heterocycles. The van der Waals surface area contributed by atoms with Crippen LogP contribution in [0, 0.1) is 17.1 Å². The predicted octanol–water partition coefficient (Wildman–Crippen LogP) is 1.37. The predicted molar refractivity (Wildman–Crippen MR) is 53.0 cm³/mol. The first-order valence-electron chi connectivity index (χ1n) is 4.64. The summed E-state index contributed by atoms with van der Waals surface area (Å²) in [6.07, 6.45) is 0.